The molecule has 0 fully saturated rings. The average Bonchev–Trinajstić information content (AvgIpc) is 2.34. The first-order valence-electron chi connectivity index (χ1n) is 5.13. The average molecular weight is 246 g/mol. The van der Waals surface area contributed by atoms with E-state index >= 15 is 0 Å². The highest BCUT2D eigenvalue weighted by atomic mass is 16.6. The summed E-state index contributed by atoms with van der Waals surface area (Å²) in [6.07, 6.45) is 1.67. The molecule has 0 aliphatic carbocycles. The second-order valence-corrected chi connectivity index (χ2v) is 3.71. The van der Waals surface area contributed by atoms with Crippen LogP contribution in [-0.2, 0) is 6.42 Å². The standard InChI is InChI=1S/C11H10N4O3/c12-9-6-13-10(14-11(9)16)5-7-1-3-8(4-2-7)15(17)18/h1-4,6H,5,12H2,(H,13,14,16). The van der Waals surface area contributed by atoms with Crippen LogP contribution in [0.25, 0.3) is 0 Å². The molecule has 0 aliphatic heterocycles. The summed E-state index contributed by atoms with van der Waals surface area (Å²) in [5.41, 5.74) is 5.86. The Morgan fingerprint density at radius 2 is 2.00 bits per heavy atom. The molecule has 18 heavy (non-hydrogen) atoms. The van der Waals surface area contributed by atoms with Crippen molar-refractivity contribution in [1.82, 2.24) is 9.97 Å². The van der Waals surface area contributed by atoms with Gasteiger partial charge < -0.3 is 10.7 Å². The Morgan fingerprint density at radius 3 is 2.56 bits per heavy atom. The molecule has 0 saturated heterocycles. The van der Waals surface area contributed by atoms with Crippen LogP contribution < -0.4 is 11.3 Å². The number of nitrogen functional groups attached to an aromatic ring is 1. The molecule has 3 N–H and O–H groups in total. The summed E-state index contributed by atoms with van der Waals surface area (Å²) in [6, 6.07) is 6.05. The largest absolute Gasteiger partial charge is 0.393 e. The zero-order valence-electron chi connectivity index (χ0n) is 9.29. The number of nitro groups is 1. The Hall–Kier alpha value is -2.70. The molecule has 1 aromatic heterocycles. The maximum absolute atomic E-state index is 11.3. The molecule has 92 valence electrons. The van der Waals surface area contributed by atoms with Crippen molar-refractivity contribution in [3.63, 3.8) is 0 Å². The number of non-ortho nitro benzene ring substituents is 1. The van der Waals surface area contributed by atoms with Gasteiger partial charge in [0.1, 0.15) is 11.5 Å². The van der Waals surface area contributed by atoms with E-state index in [1.54, 1.807) is 12.1 Å². The van der Waals surface area contributed by atoms with E-state index in [1.807, 2.05) is 0 Å². The zero-order chi connectivity index (χ0) is 13.1. The fraction of sp³-hybridized carbons (Fsp3) is 0.0909. The lowest BCUT2D eigenvalue weighted by molar-refractivity contribution is -0.384. The van der Waals surface area contributed by atoms with Crippen LogP contribution >= 0.6 is 0 Å². The van der Waals surface area contributed by atoms with Gasteiger partial charge in [0, 0.05) is 18.6 Å². The summed E-state index contributed by atoms with van der Waals surface area (Å²) < 4.78 is 0. The number of anilines is 1. The number of nitrogens with zero attached hydrogens (tertiary/aromatic N) is 2. The topological polar surface area (TPSA) is 115 Å². The number of nitro benzene ring substituents is 1. The fourth-order valence-electron chi connectivity index (χ4n) is 1.46. The van der Waals surface area contributed by atoms with Crippen molar-refractivity contribution in [3.05, 3.63) is 62.3 Å². The SMILES string of the molecule is Nc1cnc(Cc2ccc([N+](=O)[O-])cc2)[nH]c1=O. The highest BCUT2D eigenvalue weighted by Crippen LogP contribution is 2.13. The first kappa shape index (κ1) is 11.8. The van der Waals surface area contributed by atoms with Gasteiger partial charge in [0.15, 0.2) is 0 Å². The van der Waals surface area contributed by atoms with E-state index in [2.05, 4.69) is 9.97 Å². The van der Waals surface area contributed by atoms with Crippen molar-refractivity contribution in [2.75, 3.05) is 5.73 Å². The van der Waals surface area contributed by atoms with Gasteiger partial charge in [-0.25, -0.2) is 4.98 Å². The van der Waals surface area contributed by atoms with Crippen molar-refractivity contribution in [2.45, 2.75) is 6.42 Å². The summed E-state index contributed by atoms with van der Waals surface area (Å²) >= 11 is 0. The van der Waals surface area contributed by atoms with Crippen LogP contribution in [0.5, 0.6) is 0 Å². The summed E-state index contributed by atoms with van der Waals surface area (Å²) in [6.45, 7) is 0. The molecule has 0 bridgehead atoms. The van der Waals surface area contributed by atoms with Gasteiger partial charge in [0.2, 0.25) is 0 Å². The maximum atomic E-state index is 11.3. The lowest BCUT2D eigenvalue weighted by Crippen LogP contribution is -2.15. The van der Waals surface area contributed by atoms with Gasteiger partial charge in [-0.15, -0.1) is 0 Å². The minimum Gasteiger partial charge on any atom is -0.393 e. The fourth-order valence-corrected chi connectivity index (χ4v) is 1.46. The second kappa shape index (κ2) is 4.66. The molecule has 7 nitrogen and oxygen atoms in total. The van der Waals surface area contributed by atoms with Crippen molar-refractivity contribution < 1.29 is 4.92 Å². The van der Waals surface area contributed by atoms with Crippen LogP contribution in [0.2, 0.25) is 0 Å². The molecule has 2 aromatic rings. The van der Waals surface area contributed by atoms with Crippen molar-refractivity contribution >= 4 is 11.4 Å². The van der Waals surface area contributed by atoms with Gasteiger partial charge in [-0.2, -0.15) is 0 Å². The summed E-state index contributed by atoms with van der Waals surface area (Å²) in [5, 5.41) is 10.5. The molecule has 0 unspecified atom stereocenters. The summed E-state index contributed by atoms with van der Waals surface area (Å²) in [4.78, 5) is 27.8. The second-order valence-electron chi connectivity index (χ2n) is 3.71. The third-order valence-electron chi connectivity index (χ3n) is 2.40. The van der Waals surface area contributed by atoms with Crippen molar-refractivity contribution in [3.8, 4) is 0 Å². The van der Waals surface area contributed by atoms with Gasteiger partial charge in [-0.3, -0.25) is 14.9 Å². The van der Waals surface area contributed by atoms with Crippen LogP contribution in [0.3, 0.4) is 0 Å². The molecule has 0 spiro atoms. The van der Waals surface area contributed by atoms with Gasteiger partial charge >= 0.3 is 0 Å². The van der Waals surface area contributed by atoms with Gasteiger partial charge in [-0.05, 0) is 5.56 Å². The quantitative estimate of drug-likeness (QED) is 0.615. The number of hydrogen-bond donors (Lipinski definition) is 2. The van der Waals surface area contributed by atoms with Crippen LogP contribution in [0, 0.1) is 10.1 Å². The molecule has 2 rings (SSSR count). The first-order valence-corrected chi connectivity index (χ1v) is 5.13. The lowest BCUT2D eigenvalue weighted by atomic mass is 10.1. The number of rotatable bonds is 3. The van der Waals surface area contributed by atoms with Crippen LogP contribution in [0.15, 0.2) is 35.3 Å². The number of nitrogens with one attached hydrogen (secondary N) is 1. The zero-order valence-corrected chi connectivity index (χ0v) is 9.29. The highest BCUT2D eigenvalue weighted by molar-refractivity contribution is 5.35. The van der Waals surface area contributed by atoms with Crippen molar-refractivity contribution in [1.29, 1.82) is 0 Å². The van der Waals surface area contributed by atoms with Gasteiger partial charge in [-0.1, -0.05) is 12.1 Å². The van der Waals surface area contributed by atoms with Gasteiger partial charge in [0.25, 0.3) is 11.2 Å². The van der Waals surface area contributed by atoms with E-state index in [1.165, 1.54) is 18.3 Å². The molecule has 0 saturated carbocycles. The molecule has 0 radical (unpaired) electrons. The summed E-state index contributed by atoms with van der Waals surface area (Å²) in [5.74, 6) is 0.461. The molecule has 0 atom stereocenters. The van der Waals surface area contributed by atoms with E-state index < -0.39 is 4.92 Å². The summed E-state index contributed by atoms with van der Waals surface area (Å²) in [7, 11) is 0. The molecule has 1 heterocycles. The Morgan fingerprint density at radius 1 is 1.33 bits per heavy atom. The van der Waals surface area contributed by atoms with E-state index in [0.717, 1.165) is 5.56 Å². The molecular weight excluding hydrogens is 236 g/mol. The smallest absolute Gasteiger partial charge is 0.274 e. The van der Waals surface area contributed by atoms with Crippen LogP contribution in [-0.4, -0.2) is 14.9 Å². The number of hydrogen-bond acceptors (Lipinski definition) is 5. The van der Waals surface area contributed by atoms with E-state index in [-0.39, 0.29) is 16.9 Å². The van der Waals surface area contributed by atoms with Crippen molar-refractivity contribution in [2.24, 2.45) is 0 Å². The number of nitrogens with two attached hydrogens (primary N) is 1. The van der Waals surface area contributed by atoms with E-state index in [0.29, 0.717) is 12.2 Å². The molecule has 7 heteroatoms. The molecule has 1 aromatic carbocycles. The highest BCUT2D eigenvalue weighted by Gasteiger charge is 2.05. The molecule has 0 amide bonds. The molecular formula is C11H10N4O3. The normalized spacial score (nSPS) is 10.2. The van der Waals surface area contributed by atoms with E-state index in [9.17, 15) is 14.9 Å². The van der Waals surface area contributed by atoms with Crippen LogP contribution in [0.4, 0.5) is 11.4 Å². The third kappa shape index (κ3) is 2.51. The maximum Gasteiger partial charge on any atom is 0.274 e. The third-order valence-corrected chi connectivity index (χ3v) is 2.40. The van der Waals surface area contributed by atoms with Crippen LogP contribution in [0.1, 0.15) is 11.4 Å². The minimum atomic E-state index is -0.465. The predicted octanol–water partition coefficient (Wildman–Crippen LogP) is 0.851. The molecule has 0 aliphatic rings. The Labute approximate surface area is 101 Å². The first-order chi connectivity index (χ1) is 8.56. The number of aromatic amines is 1. The lowest BCUT2D eigenvalue weighted by Gasteiger charge is -2.01. The Balaban J connectivity index is 2.20. The predicted molar refractivity (Wildman–Crippen MR) is 65.2 cm³/mol. The number of aromatic nitrogens is 2. The minimum absolute atomic E-state index is 0.0255. The van der Waals surface area contributed by atoms with Gasteiger partial charge in [0.05, 0.1) is 11.1 Å². The van der Waals surface area contributed by atoms with E-state index in [4.69, 9.17) is 5.73 Å². The monoisotopic (exact) mass is 246 g/mol. The Kier molecular flexibility index (Phi) is 3.05. The number of benzene rings is 1. The number of H-pyrrole nitrogens is 1. The Bertz CT molecular complexity index is 633.